The molecule has 1 aliphatic heterocycles. The SMILES string of the molecule is CC1=NN(C(=O)CNc2ncnc3sc4c(c23)CCCC4)C(C)(O)C1. The molecular weight excluding hydrogens is 338 g/mol. The summed E-state index contributed by atoms with van der Waals surface area (Å²) in [4.78, 5) is 23.6. The molecule has 2 aromatic rings. The van der Waals surface area contributed by atoms with Gasteiger partial charge in [-0.15, -0.1) is 11.3 Å². The van der Waals surface area contributed by atoms with Crippen molar-refractivity contribution in [1.29, 1.82) is 0 Å². The minimum atomic E-state index is -1.26. The number of carbonyl (C=O) groups is 1. The second kappa shape index (κ2) is 6.03. The van der Waals surface area contributed by atoms with Crippen LogP contribution in [-0.2, 0) is 17.6 Å². The Morgan fingerprint density at radius 2 is 2.20 bits per heavy atom. The van der Waals surface area contributed by atoms with Gasteiger partial charge in [0.05, 0.1) is 11.9 Å². The van der Waals surface area contributed by atoms with Crippen molar-refractivity contribution in [3.63, 3.8) is 0 Å². The maximum absolute atomic E-state index is 12.5. The van der Waals surface area contributed by atoms with Crippen LogP contribution in [-0.4, -0.2) is 44.0 Å². The zero-order chi connectivity index (χ0) is 17.6. The molecule has 25 heavy (non-hydrogen) atoms. The highest BCUT2D eigenvalue weighted by Gasteiger charge is 2.38. The number of nitrogens with zero attached hydrogens (tertiary/aromatic N) is 4. The molecule has 132 valence electrons. The summed E-state index contributed by atoms with van der Waals surface area (Å²) in [5.74, 6) is 0.412. The maximum Gasteiger partial charge on any atom is 0.264 e. The Morgan fingerprint density at radius 3 is 2.96 bits per heavy atom. The highest BCUT2D eigenvalue weighted by molar-refractivity contribution is 7.19. The van der Waals surface area contributed by atoms with Crippen molar-refractivity contribution in [2.24, 2.45) is 5.10 Å². The van der Waals surface area contributed by atoms with Gasteiger partial charge in [0.25, 0.3) is 5.91 Å². The van der Waals surface area contributed by atoms with E-state index in [2.05, 4.69) is 20.4 Å². The molecule has 0 aromatic carbocycles. The Labute approximate surface area is 149 Å². The average molecular weight is 359 g/mol. The van der Waals surface area contributed by atoms with E-state index >= 15 is 0 Å². The number of hydrogen-bond donors (Lipinski definition) is 2. The number of aliphatic hydroxyl groups is 1. The first-order valence-corrected chi connectivity index (χ1v) is 9.36. The number of hydrazone groups is 1. The van der Waals surface area contributed by atoms with Gasteiger partial charge in [-0.25, -0.2) is 15.0 Å². The van der Waals surface area contributed by atoms with Gasteiger partial charge in [-0.1, -0.05) is 0 Å². The van der Waals surface area contributed by atoms with E-state index in [1.54, 1.807) is 25.2 Å². The molecule has 1 atom stereocenters. The molecule has 0 saturated heterocycles. The van der Waals surface area contributed by atoms with E-state index in [1.165, 1.54) is 29.6 Å². The minimum absolute atomic E-state index is 0.0314. The molecule has 1 unspecified atom stereocenters. The molecule has 1 aliphatic carbocycles. The van der Waals surface area contributed by atoms with Crippen LogP contribution in [0.2, 0.25) is 0 Å². The standard InChI is InChI=1S/C17H21N5O2S/c1-10-7-17(2,24)22(21-10)13(23)8-18-15-14-11-5-3-4-6-12(11)25-16(14)20-9-19-15/h9,24H,3-8H2,1-2H3,(H,18,19,20). The summed E-state index contributed by atoms with van der Waals surface area (Å²) in [6.07, 6.45) is 6.43. The van der Waals surface area contributed by atoms with Crippen molar-refractivity contribution in [1.82, 2.24) is 15.0 Å². The number of fused-ring (bicyclic) bond motifs is 3. The normalized spacial score (nSPS) is 22.8. The molecule has 3 heterocycles. The van der Waals surface area contributed by atoms with Crippen molar-refractivity contribution in [2.75, 3.05) is 11.9 Å². The third-order valence-electron chi connectivity index (χ3n) is 4.71. The van der Waals surface area contributed by atoms with Crippen LogP contribution in [0.3, 0.4) is 0 Å². The number of nitrogens with one attached hydrogen (secondary N) is 1. The summed E-state index contributed by atoms with van der Waals surface area (Å²) in [7, 11) is 0. The van der Waals surface area contributed by atoms with Gasteiger partial charge in [0.1, 0.15) is 17.0 Å². The van der Waals surface area contributed by atoms with E-state index in [-0.39, 0.29) is 12.5 Å². The summed E-state index contributed by atoms with van der Waals surface area (Å²) in [5, 5.41) is 19.8. The van der Waals surface area contributed by atoms with Gasteiger partial charge in [0.2, 0.25) is 0 Å². The number of carbonyl (C=O) groups excluding carboxylic acids is 1. The minimum Gasteiger partial charge on any atom is -0.369 e. The van der Waals surface area contributed by atoms with E-state index in [0.29, 0.717) is 12.2 Å². The molecule has 8 heteroatoms. The van der Waals surface area contributed by atoms with E-state index in [0.717, 1.165) is 33.8 Å². The lowest BCUT2D eigenvalue weighted by Crippen LogP contribution is -2.45. The smallest absolute Gasteiger partial charge is 0.264 e. The number of anilines is 1. The third-order valence-corrected chi connectivity index (χ3v) is 5.91. The summed E-state index contributed by atoms with van der Waals surface area (Å²) in [6, 6.07) is 0. The first-order valence-electron chi connectivity index (χ1n) is 8.54. The summed E-state index contributed by atoms with van der Waals surface area (Å²) in [5.41, 5.74) is 0.810. The Morgan fingerprint density at radius 1 is 1.40 bits per heavy atom. The molecule has 0 saturated carbocycles. The number of aromatic nitrogens is 2. The molecule has 2 aliphatic rings. The molecular formula is C17H21N5O2S. The Hall–Kier alpha value is -2.06. The highest BCUT2D eigenvalue weighted by Crippen LogP contribution is 2.38. The second-order valence-corrected chi connectivity index (χ2v) is 7.99. The first kappa shape index (κ1) is 16.4. The molecule has 4 rings (SSSR count). The fourth-order valence-electron chi connectivity index (χ4n) is 3.66. The number of hydrogen-bond acceptors (Lipinski definition) is 7. The summed E-state index contributed by atoms with van der Waals surface area (Å²) < 4.78 is 0. The highest BCUT2D eigenvalue weighted by atomic mass is 32.1. The van der Waals surface area contributed by atoms with Crippen molar-refractivity contribution >= 4 is 39.0 Å². The van der Waals surface area contributed by atoms with Crippen LogP contribution in [0.25, 0.3) is 10.2 Å². The second-order valence-electron chi connectivity index (χ2n) is 6.90. The zero-order valence-corrected chi connectivity index (χ0v) is 15.2. The number of thiophene rings is 1. The van der Waals surface area contributed by atoms with Gasteiger partial charge in [0, 0.05) is 17.0 Å². The fraction of sp³-hybridized carbons (Fsp3) is 0.529. The van der Waals surface area contributed by atoms with Gasteiger partial charge in [-0.05, 0) is 45.1 Å². The topological polar surface area (TPSA) is 90.7 Å². The van der Waals surface area contributed by atoms with Crippen molar-refractivity contribution in [3.8, 4) is 0 Å². The Kier molecular flexibility index (Phi) is 3.96. The van der Waals surface area contributed by atoms with Crippen LogP contribution in [0.1, 0.15) is 43.6 Å². The quantitative estimate of drug-likeness (QED) is 0.877. The lowest BCUT2D eigenvalue weighted by Gasteiger charge is -2.27. The first-order chi connectivity index (χ1) is 12.0. The van der Waals surface area contributed by atoms with E-state index in [1.807, 2.05) is 0 Å². The Balaban J connectivity index is 1.57. The predicted octanol–water partition coefficient (Wildman–Crippen LogP) is 2.30. The van der Waals surface area contributed by atoms with Gasteiger partial charge >= 0.3 is 0 Å². The molecule has 7 nitrogen and oxygen atoms in total. The molecule has 2 aromatic heterocycles. The van der Waals surface area contributed by atoms with E-state index < -0.39 is 5.72 Å². The van der Waals surface area contributed by atoms with Crippen LogP contribution < -0.4 is 5.32 Å². The summed E-state index contributed by atoms with van der Waals surface area (Å²) >= 11 is 1.73. The van der Waals surface area contributed by atoms with Crippen molar-refractivity contribution in [2.45, 2.75) is 51.7 Å². The van der Waals surface area contributed by atoms with Crippen LogP contribution in [0.4, 0.5) is 5.82 Å². The van der Waals surface area contributed by atoms with E-state index in [4.69, 9.17) is 0 Å². The monoisotopic (exact) mass is 359 g/mol. The van der Waals surface area contributed by atoms with Crippen molar-refractivity contribution < 1.29 is 9.90 Å². The zero-order valence-electron chi connectivity index (χ0n) is 14.4. The van der Waals surface area contributed by atoms with Crippen LogP contribution in [0.15, 0.2) is 11.4 Å². The van der Waals surface area contributed by atoms with Gasteiger partial charge in [0.15, 0.2) is 5.72 Å². The number of amides is 1. The number of aryl methyl sites for hydroxylation is 2. The lowest BCUT2D eigenvalue weighted by molar-refractivity contribution is -0.149. The number of rotatable bonds is 3. The Bertz CT molecular complexity index is 873. The molecule has 0 fully saturated rings. The molecule has 0 radical (unpaired) electrons. The maximum atomic E-state index is 12.5. The van der Waals surface area contributed by atoms with E-state index in [9.17, 15) is 9.90 Å². The average Bonchev–Trinajstić information content (AvgIpc) is 3.08. The lowest BCUT2D eigenvalue weighted by atomic mass is 9.97. The fourth-order valence-corrected chi connectivity index (χ4v) is 4.89. The van der Waals surface area contributed by atoms with Gasteiger partial charge in [-0.2, -0.15) is 5.10 Å². The van der Waals surface area contributed by atoms with Crippen molar-refractivity contribution in [3.05, 3.63) is 16.8 Å². The molecule has 0 spiro atoms. The van der Waals surface area contributed by atoms with Crippen LogP contribution in [0, 0.1) is 0 Å². The van der Waals surface area contributed by atoms with Gasteiger partial charge in [-0.3, -0.25) is 4.79 Å². The molecule has 2 N–H and O–H groups in total. The van der Waals surface area contributed by atoms with Crippen LogP contribution >= 0.6 is 11.3 Å². The van der Waals surface area contributed by atoms with Gasteiger partial charge < -0.3 is 10.4 Å². The predicted molar refractivity (Wildman–Crippen MR) is 97.7 cm³/mol. The third kappa shape index (κ3) is 2.89. The summed E-state index contributed by atoms with van der Waals surface area (Å²) in [6.45, 7) is 3.44. The molecule has 0 bridgehead atoms. The van der Waals surface area contributed by atoms with Crippen LogP contribution in [0.5, 0.6) is 0 Å². The largest absolute Gasteiger partial charge is 0.369 e. The molecule has 1 amide bonds.